The number of hydrogen-bond acceptors (Lipinski definition) is 1. The van der Waals surface area contributed by atoms with Gasteiger partial charge in [-0.05, 0) is 39.5 Å². The molecule has 82 valence electrons. The van der Waals surface area contributed by atoms with Crippen molar-refractivity contribution < 1.29 is 18.7 Å². The minimum absolute atomic E-state index is 0.0336. The summed E-state index contributed by atoms with van der Waals surface area (Å²) in [7, 11) is 0. The van der Waals surface area contributed by atoms with Gasteiger partial charge in [-0.3, -0.25) is 4.79 Å². The van der Waals surface area contributed by atoms with Gasteiger partial charge in [-0.15, -0.1) is 0 Å². The van der Waals surface area contributed by atoms with Crippen molar-refractivity contribution in [3.05, 3.63) is 33.8 Å². The first-order chi connectivity index (χ1) is 6.91. The van der Waals surface area contributed by atoms with Crippen LogP contribution in [0.4, 0.5) is 8.78 Å². The molecule has 1 unspecified atom stereocenters. The lowest BCUT2D eigenvalue weighted by atomic mass is 9.97. The predicted molar refractivity (Wildman–Crippen MR) is 54.7 cm³/mol. The minimum Gasteiger partial charge on any atom is -0.481 e. The second kappa shape index (κ2) is 4.70. The Morgan fingerprint density at radius 3 is 2.60 bits per heavy atom. The van der Waals surface area contributed by atoms with Crippen LogP contribution in [0.25, 0.3) is 0 Å². The molecule has 0 fully saturated rings. The summed E-state index contributed by atoms with van der Waals surface area (Å²) in [5.74, 6) is -2.78. The monoisotopic (exact) mass is 278 g/mol. The van der Waals surface area contributed by atoms with Crippen LogP contribution in [0.3, 0.4) is 0 Å². The van der Waals surface area contributed by atoms with Crippen LogP contribution in [-0.2, 0) is 4.79 Å². The zero-order valence-electron chi connectivity index (χ0n) is 7.93. The molecule has 0 aliphatic rings. The SMILES string of the molecule is CC(CC(=O)O)c1cc(F)c(Br)cc1F. The van der Waals surface area contributed by atoms with Crippen LogP contribution < -0.4 is 0 Å². The van der Waals surface area contributed by atoms with Gasteiger partial charge < -0.3 is 5.11 Å². The Morgan fingerprint density at radius 1 is 1.47 bits per heavy atom. The fourth-order valence-corrected chi connectivity index (χ4v) is 1.60. The third-order valence-corrected chi connectivity index (χ3v) is 2.66. The van der Waals surface area contributed by atoms with E-state index in [2.05, 4.69) is 15.9 Å². The lowest BCUT2D eigenvalue weighted by molar-refractivity contribution is -0.137. The van der Waals surface area contributed by atoms with E-state index < -0.39 is 23.5 Å². The molecule has 0 radical (unpaired) electrons. The van der Waals surface area contributed by atoms with Crippen LogP contribution in [0.15, 0.2) is 16.6 Å². The number of halogens is 3. The molecule has 1 aromatic rings. The molecule has 0 saturated heterocycles. The van der Waals surface area contributed by atoms with Crippen LogP contribution in [0.5, 0.6) is 0 Å². The molecule has 1 N–H and O–H groups in total. The van der Waals surface area contributed by atoms with Crippen LogP contribution in [0, 0.1) is 11.6 Å². The molecule has 0 spiro atoms. The highest BCUT2D eigenvalue weighted by Crippen LogP contribution is 2.27. The van der Waals surface area contributed by atoms with Crippen molar-refractivity contribution in [2.75, 3.05) is 0 Å². The largest absolute Gasteiger partial charge is 0.481 e. The number of carboxylic acids is 1. The summed E-state index contributed by atoms with van der Waals surface area (Å²) in [6, 6.07) is 2.02. The number of aliphatic carboxylic acids is 1. The molecule has 1 atom stereocenters. The summed E-state index contributed by atoms with van der Waals surface area (Å²) >= 11 is 2.85. The van der Waals surface area contributed by atoms with Gasteiger partial charge in [0.2, 0.25) is 0 Å². The van der Waals surface area contributed by atoms with E-state index in [4.69, 9.17) is 5.11 Å². The van der Waals surface area contributed by atoms with Crippen molar-refractivity contribution in [1.82, 2.24) is 0 Å². The second-order valence-electron chi connectivity index (χ2n) is 3.29. The molecule has 0 aliphatic heterocycles. The zero-order chi connectivity index (χ0) is 11.6. The maximum atomic E-state index is 13.3. The van der Waals surface area contributed by atoms with E-state index in [0.29, 0.717) is 0 Å². The average molecular weight is 279 g/mol. The molecule has 0 amide bonds. The number of benzene rings is 1. The Balaban J connectivity index is 3.03. The zero-order valence-corrected chi connectivity index (χ0v) is 9.51. The molecule has 0 saturated carbocycles. The van der Waals surface area contributed by atoms with Crippen LogP contribution >= 0.6 is 15.9 Å². The van der Waals surface area contributed by atoms with Gasteiger partial charge in [0.1, 0.15) is 11.6 Å². The van der Waals surface area contributed by atoms with Crippen molar-refractivity contribution in [2.45, 2.75) is 19.3 Å². The highest BCUT2D eigenvalue weighted by Gasteiger charge is 2.16. The quantitative estimate of drug-likeness (QED) is 0.862. The topological polar surface area (TPSA) is 37.3 Å². The third-order valence-electron chi connectivity index (χ3n) is 2.05. The molecule has 1 rings (SSSR count). The predicted octanol–water partition coefficient (Wildman–Crippen LogP) is 3.31. The second-order valence-corrected chi connectivity index (χ2v) is 4.14. The van der Waals surface area contributed by atoms with Gasteiger partial charge in [0.15, 0.2) is 0 Å². The van der Waals surface area contributed by atoms with Crippen LogP contribution in [-0.4, -0.2) is 11.1 Å². The Bertz CT molecular complexity index is 393. The van der Waals surface area contributed by atoms with Crippen molar-refractivity contribution in [2.24, 2.45) is 0 Å². The maximum Gasteiger partial charge on any atom is 0.303 e. The summed E-state index contributed by atoms with van der Waals surface area (Å²) in [6.45, 7) is 1.54. The molecule has 0 heterocycles. The Labute approximate surface area is 94.0 Å². The number of carbonyl (C=O) groups is 1. The lowest BCUT2D eigenvalue weighted by Gasteiger charge is -2.10. The summed E-state index contributed by atoms with van der Waals surface area (Å²) in [5.41, 5.74) is 0.0816. The number of hydrogen-bond donors (Lipinski definition) is 1. The lowest BCUT2D eigenvalue weighted by Crippen LogP contribution is -2.05. The van der Waals surface area contributed by atoms with E-state index in [9.17, 15) is 13.6 Å². The van der Waals surface area contributed by atoms with E-state index in [1.807, 2.05) is 0 Å². The van der Waals surface area contributed by atoms with Crippen LogP contribution in [0.2, 0.25) is 0 Å². The van der Waals surface area contributed by atoms with Crippen molar-refractivity contribution in [1.29, 1.82) is 0 Å². The molecular weight excluding hydrogens is 270 g/mol. The fourth-order valence-electron chi connectivity index (χ4n) is 1.29. The molecule has 0 bridgehead atoms. The minimum atomic E-state index is -1.04. The Hall–Kier alpha value is -0.970. The molecule has 1 aromatic carbocycles. The van der Waals surface area contributed by atoms with Gasteiger partial charge in [-0.2, -0.15) is 0 Å². The van der Waals surface area contributed by atoms with E-state index in [1.54, 1.807) is 6.92 Å². The molecule has 0 aliphatic carbocycles. The smallest absolute Gasteiger partial charge is 0.303 e. The van der Waals surface area contributed by atoms with Crippen LogP contribution in [0.1, 0.15) is 24.8 Å². The first-order valence-electron chi connectivity index (χ1n) is 4.28. The first kappa shape index (κ1) is 12.1. The maximum absolute atomic E-state index is 13.3. The van der Waals surface area contributed by atoms with Crippen molar-refractivity contribution in [3.8, 4) is 0 Å². The van der Waals surface area contributed by atoms with E-state index in [-0.39, 0.29) is 16.5 Å². The van der Waals surface area contributed by atoms with Gasteiger partial charge in [-0.25, -0.2) is 8.78 Å². The van der Waals surface area contributed by atoms with Crippen molar-refractivity contribution in [3.63, 3.8) is 0 Å². The molecule has 5 heteroatoms. The number of carboxylic acid groups (broad SMARTS) is 1. The Kier molecular flexibility index (Phi) is 3.79. The van der Waals surface area contributed by atoms with Gasteiger partial charge in [-0.1, -0.05) is 6.92 Å². The average Bonchev–Trinajstić information content (AvgIpc) is 2.09. The molecule has 15 heavy (non-hydrogen) atoms. The molecule has 2 nitrogen and oxygen atoms in total. The Morgan fingerprint density at radius 2 is 2.07 bits per heavy atom. The first-order valence-corrected chi connectivity index (χ1v) is 5.07. The highest BCUT2D eigenvalue weighted by molar-refractivity contribution is 9.10. The van der Waals surface area contributed by atoms with Crippen molar-refractivity contribution >= 4 is 21.9 Å². The number of rotatable bonds is 3. The third kappa shape index (κ3) is 2.99. The summed E-state index contributed by atoms with van der Waals surface area (Å²) in [4.78, 5) is 10.4. The molecular formula is C10H9BrF2O2. The highest BCUT2D eigenvalue weighted by atomic mass is 79.9. The van der Waals surface area contributed by atoms with Gasteiger partial charge in [0, 0.05) is 0 Å². The van der Waals surface area contributed by atoms with Gasteiger partial charge >= 0.3 is 5.97 Å². The summed E-state index contributed by atoms with van der Waals surface area (Å²) in [6.07, 6.45) is -0.224. The summed E-state index contributed by atoms with van der Waals surface area (Å²) in [5, 5.41) is 8.53. The van der Waals surface area contributed by atoms with E-state index in [1.165, 1.54) is 0 Å². The van der Waals surface area contributed by atoms with Gasteiger partial charge in [0.05, 0.1) is 10.9 Å². The molecule has 0 aromatic heterocycles. The standard InChI is InChI=1S/C10H9BrF2O2/c1-5(2-10(14)15)6-3-9(13)7(11)4-8(6)12/h3-5H,2H2,1H3,(H,14,15). The van der Waals surface area contributed by atoms with E-state index >= 15 is 0 Å². The summed E-state index contributed by atoms with van der Waals surface area (Å²) < 4.78 is 26.5. The van der Waals surface area contributed by atoms with E-state index in [0.717, 1.165) is 12.1 Å². The van der Waals surface area contributed by atoms with Gasteiger partial charge in [0.25, 0.3) is 0 Å². The fraction of sp³-hybridized carbons (Fsp3) is 0.300. The normalized spacial score (nSPS) is 12.5.